The van der Waals surface area contributed by atoms with Crippen LogP contribution < -0.4 is 0 Å². The van der Waals surface area contributed by atoms with Gasteiger partial charge in [-0.15, -0.1) is 0 Å². The Balaban J connectivity index is 0. The highest BCUT2D eigenvalue weighted by atomic mass is 28.3. The van der Waals surface area contributed by atoms with Gasteiger partial charge in [-0.3, -0.25) is 0 Å². The summed E-state index contributed by atoms with van der Waals surface area (Å²) in [4.78, 5) is 9.52. The molecule has 0 unspecified atom stereocenters. The van der Waals surface area contributed by atoms with E-state index in [0.717, 1.165) is 33.1 Å². The summed E-state index contributed by atoms with van der Waals surface area (Å²) in [5.41, 5.74) is 0. The van der Waals surface area contributed by atoms with Gasteiger partial charge in [0.2, 0.25) is 0 Å². The van der Waals surface area contributed by atoms with Crippen LogP contribution in [0.15, 0.2) is 12.2 Å². The molecule has 0 rings (SSSR count). The number of allylic oxidation sites excluding steroid dienone is 1. The van der Waals surface area contributed by atoms with Gasteiger partial charge in [0.15, 0.2) is 0 Å². The van der Waals surface area contributed by atoms with Crippen molar-refractivity contribution in [2.45, 2.75) is 0 Å². The van der Waals surface area contributed by atoms with E-state index >= 15 is 0 Å². The van der Waals surface area contributed by atoms with Crippen molar-refractivity contribution in [2.75, 3.05) is 0 Å². The maximum atomic E-state index is 9.52. The summed E-state index contributed by atoms with van der Waals surface area (Å²) >= 11 is 0. The summed E-state index contributed by atoms with van der Waals surface area (Å²) in [6.07, 6.45) is 1.68. The van der Waals surface area contributed by atoms with E-state index in [-0.39, 0.29) is 0 Å². The quantitative estimate of drug-likeness (QED) is 0.277. The van der Waals surface area contributed by atoms with Gasteiger partial charge in [0, 0.05) is 12.2 Å². The average molecular weight is 175 g/mol. The largest absolute Gasteiger partial charge is 0.478 e. The number of hydrogen-bond donors (Lipinski definition) is 1. The second-order valence-electron chi connectivity index (χ2n) is 1.21. The summed E-state index contributed by atoms with van der Waals surface area (Å²) in [6.45, 7) is 0. The molecule has 0 aromatic rings. The van der Waals surface area contributed by atoms with E-state index in [1.54, 1.807) is 0 Å². The average Bonchev–Trinajstić information content (AvgIpc) is 1.85. The predicted octanol–water partition coefficient (Wildman–Crippen LogP) is -2.29. The molecule has 0 heterocycles. The Bertz CT molecular complexity index is 151. The number of carboxylic acids is 1. The van der Waals surface area contributed by atoms with Crippen LogP contribution in [-0.2, 0) is 8.91 Å². The molecule has 4 nitrogen and oxygen atoms in total. The number of aliphatic carboxylic acids is 1. The number of carboxylic acid groups (broad SMARTS) is 1. The van der Waals surface area contributed by atoms with Gasteiger partial charge in [-0.2, -0.15) is 5.26 Å². The molecule has 0 aliphatic carbocycles. The third kappa shape index (κ3) is 27.5. The molecule has 0 aromatic heterocycles. The standard InChI is InChI=1S/C4H3NO2.H6OSi2/c5-3-1-2-4(6)7;2-1-3/h1-2H,(H,6,7);2-3H3. The molecule has 0 aliphatic heterocycles. The second kappa shape index (κ2) is 11.0. The van der Waals surface area contributed by atoms with Gasteiger partial charge >= 0.3 is 5.97 Å². The Labute approximate surface area is 65.2 Å². The Kier molecular flexibility index (Phi) is 13.0. The molecular weight excluding hydrogens is 166 g/mol. The van der Waals surface area contributed by atoms with Gasteiger partial charge in [-0.05, 0) is 0 Å². The minimum atomic E-state index is -1.10. The highest BCUT2D eigenvalue weighted by Crippen LogP contribution is 1.66. The van der Waals surface area contributed by atoms with Gasteiger partial charge in [0.25, 0.3) is 0 Å². The first-order chi connectivity index (χ1) is 4.68. The number of rotatable bonds is 1. The van der Waals surface area contributed by atoms with Crippen molar-refractivity contribution in [2.24, 2.45) is 0 Å². The fraction of sp³-hybridized carbons (Fsp3) is 0. The zero-order valence-electron chi connectivity index (χ0n) is 5.87. The molecule has 0 aliphatic rings. The number of carbonyl (C=O) groups is 1. The Morgan fingerprint density at radius 1 is 1.70 bits per heavy atom. The molecule has 0 saturated heterocycles. The fourth-order valence-electron chi connectivity index (χ4n) is 0.109. The van der Waals surface area contributed by atoms with Crippen LogP contribution in [0.1, 0.15) is 0 Å². The molecule has 6 heteroatoms. The summed E-state index contributed by atoms with van der Waals surface area (Å²) in [5, 5.41) is 15.5. The van der Waals surface area contributed by atoms with Crippen molar-refractivity contribution in [1.29, 1.82) is 5.26 Å². The number of hydrogen-bond acceptors (Lipinski definition) is 3. The van der Waals surface area contributed by atoms with Crippen LogP contribution in [0, 0.1) is 11.3 Å². The van der Waals surface area contributed by atoms with E-state index in [4.69, 9.17) is 10.4 Å². The first-order valence-electron chi connectivity index (χ1n) is 2.38. The third-order valence-electron chi connectivity index (χ3n) is 0.300. The molecule has 1 N–H and O–H groups in total. The van der Waals surface area contributed by atoms with Crippen LogP contribution in [0.5, 0.6) is 0 Å². The summed E-state index contributed by atoms with van der Waals surface area (Å²) in [7, 11) is 1.86. The zero-order chi connectivity index (χ0) is 8.41. The molecule has 0 spiro atoms. The van der Waals surface area contributed by atoms with Crippen molar-refractivity contribution in [3.8, 4) is 6.07 Å². The van der Waals surface area contributed by atoms with Crippen LogP contribution >= 0.6 is 0 Å². The van der Waals surface area contributed by atoms with Crippen LogP contribution in [-0.4, -0.2) is 32.0 Å². The number of nitrogens with zero attached hydrogens (tertiary/aromatic N) is 1. The number of nitriles is 1. The third-order valence-corrected chi connectivity index (χ3v) is 0.300. The molecule has 0 atom stereocenters. The fourth-order valence-corrected chi connectivity index (χ4v) is 0.109. The lowest BCUT2D eigenvalue weighted by atomic mass is 10.5. The van der Waals surface area contributed by atoms with Crippen molar-refractivity contribution in [3.63, 3.8) is 0 Å². The van der Waals surface area contributed by atoms with Gasteiger partial charge in [0.05, 0.1) is 6.07 Å². The van der Waals surface area contributed by atoms with E-state index in [0.29, 0.717) is 0 Å². The maximum Gasteiger partial charge on any atom is 0.329 e. The van der Waals surface area contributed by atoms with E-state index in [1.807, 2.05) is 0 Å². The smallest absolute Gasteiger partial charge is 0.329 e. The highest BCUT2D eigenvalue weighted by Gasteiger charge is 1.79. The SMILES string of the molecule is N#CC=CC(=O)O.[SiH3]O[SiH3]. The first-order valence-corrected chi connectivity index (χ1v) is 4.01. The topological polar surface area (TPSA) is 70.3 Å². The molecule has 56 valence electrons. The van der Waals surface area contributed by atoms with Gasteiger partial charge < -0.3 is 9.22 Å². The van der Waals surface area contributed by atoms with Crippen molar-refractivity contribution >= 4 is 26.9 Å². The van der Waals surface area contributed by atoms with Gasteiger partial charge in [0.1, 0.15) is 21.0 Å². The summed E-state index contributed by atoms with van der Waals surface area (Å²) in [6, 6.07) is 1.54. The van der Waals surface area contributed by atoms with Crippen molar-refractivity contribution in [3.05, 3.63) is 12.2 Å². The molecule has 0 amide bonds. The highest BCUT2D eigenvalue weighted by molar-refractivity contribution is 6.15. The minimum Gasteiger partial charge on any atom is -0.478 e. The normalized spacial score (nSPS) is 8.30. The monoisotopic (exact) mass is 175 g/mol. The minimum absolute atomic E-state index is 0.778. The zero-order valence-corrected chi connectivity index (χ0v) is 9.87. The molecule has 0 radical (unpaired) electrons. The van der Waals surface area contributed by atoms with Crippen LogP contribution in [0.3, 0.4) is 0 Å². The summed E-state index contributed by atoms with van der Waals surface area (Å²) < 4.78 is 4.53. The Hall–Kier alpha value is -0.906. The molecule has 0 saturated carbocycles. The molecular formula is C4H9NO3Si2. The van der Waals surface area contributed by atoms with Gasteiger partial charge in [-0.1, -0.05) is 0 Å². The Morgan fingerprint density at radius 2 is 2.10 bits per heavy atom. The van der Waals surface area contributed by atoms with E-state index in [9.17, 15) is 4.79 Å². The van der Waals surface area contributed by atoms with Crippen molar-refractivity contribution < 1.29 is 14.0 Å². The first kappa shape index (κ1) is 11.8. The van der Waals surface area contributed by atoms with E-state index in [1.165, 1.54) is 6.07 Å². The predicted molar refractivity (Wildman–Crippen MR) is 43.4 cm³/mol. The lowest BCUT2D eigenvalue weighted by molar-refractivity contribution is -0.131. The van der Waals surface area contributed by atoms with Crippen LogP contribution in [0.4, 0.5) is 0 Å². The summed E-state index contributed by atoms with van der Waals surface area (Å²) in [5.74, 6) is -1.10. The Morgan fingerprint density at radius 3 is 2.20 bits per heavy atom. The van der Waals surface area contributed by atoms with E-state index in [2.05, 4.69) is 4.12 Å². The molecule has 0 fully saturated rings. The lowest BCUT2D eigenvalue weighted by Gasteiger charge is -1.67. The molecule has 0 bridgehead atoms. The van der Waals surface area contributed by atoms with Crippen LogP contribution in [0.25, 0.3) is 0 Å². The maximum absolute atomic E-state index is 9.52. The van der Waals surface area contributed by atoms with E-state index < -0.39 is 5.97 Å². The lowest BCUT2D eigenvalue weighted by Crippen LogP contribution is -1.83. The second-order valence-corrected chi connectivity index (χ2v) is 4.47. The van der Waals surface area contributed by atoms with Crippen molar-refractivity contribution in [1.82, 2.24) is 0 Å². The molecule has 10 heavy (non-hydrogen) atoms. The van der Waals surface area contributed by atoms with Crippen LogP contribution in [0.2, 0.25) is 0 Å². The molecule has 0 aromatic carbocycles. The van der Waals surface area contributed by atoms with Gasteiger partial charge in [-0.25, -0.2) is 4.79 Å².